The quantitative estimate of drug-likeness (QED) is 0.776. The zero-order valence-electron chi connectivity index (χ0n) is 14.7. The summed E-state index contributed by atoms with van der Waals surface area (Å²) in [7, 11) is 2.60. The molecule has 0 fully saturated rings. The van der Waals surface area contributed by atoms with Crippen LogP contribution in [0.4, 0.5) is 0 Å². The van der Waals surface area contributed by atoms with E-state index in [0.717, 1.165) is 7.11 Å². The smallest absolute Gasteiger partial charge is 0.347 e. The normalized spacial score (nSPS) is 18.6. The van der Waals surface area contributed by atoms with Gasteiger partial charge in [-0.1, -0.05) is 42.5 Å². The lowest BCUT2D eigenvalue weighted by Crippen LogP contribution is -2.48. The number of carbonyl (C=O) groups is 2. The maximum Gasteiger partial charge on any atom is 0.347 e. The maximum absolute atomic E-state index is 12.4. The SMILES string of the molecule is COC(=O)C(O)(c1ccccc1)C1OC(=O)C(c2ccc(OC)cc2)=C1O. The number of rotatable bonds is 5. The topological polar surface area (TPSA) is 102 Å². The lowest BCUT2D eigenvalue weighted by atomic mass is 9.86. The van der Waals surface area contributed by atoms with E-state index in [1.807, 2.05) is 0 Å². The van der Waals surface area contributed by atoms with Gasteiger partial charge in [0.25, 0.3) is 0 Å². The van der Waals surface area contributed by atoms with Crippen LogP contribution in [-0.4, -0.2) is 42.5 Å². The Morgan fingerprint density at radius 2 is 1.70 bits per heavy atom. The van der Waals surface area contributed by atoms with Crippen LogP contribution in [0.5, 0.6) is 5.75 Å². The minimum atomic E-state index is -2.40. The van der Waals surface area contributed by atoms with E-state index in [1.54, 1.807) is 42.5 Å². The number of esters is 2. The molecule has 2 aromatic rings. The molecule has 1 aliphatic heterocycles. The number of methoxy groups -OCH3 is 2. The first-order chi connectivity index (χ1) is 12.9. The van der Waals surface area contributed by atoms with Crippen molar-refractivity contribution in [1.29, 1.82) is 0 Å². The van der Waals surface area contributed by atoms with Crippen molar-refractivity contribution in [3.8, 4) is 5.75 Å². The third kappa shape index (κ3) is 3.02. The number of carbonyl (C=O) groups excluding carboxylic acids is 2. The molecule has 0 saturated heterocycles. The summed E-state index contributed by atoms with van der Waals surface area (Å²) in [5.74, 6) is -1.91. The largest absolute Gasteiger partial charge is 0.507 e. The van der Waals surface area contributed by atoms with Gasteiger partial charge in [-0.25, -0.2) is 9.59 Å². The first-order valence-electron chi connectivity index (χ1n) is 8.08. The average molecular weight is 370 g/mol. The molecule has 0 aliphatic carbocycles. The second-order valence-electron chi connectivity index (χ2n) is 5.90. The van der Waals surface area contributed by atoms with E-state index in [4.69, 9.17) is 14.2 Å². The van der Waals surface area contributed by atoms with Crippen LogP contribution in [0.15, 0.2) is 60.4 Å². The van der Waals surface area contributed by atoms with Crippen LogP contribution in [0.1, 0.15) is 11.1 Å². The second-order valence-corrected chi connectivity index (χ2v) is 5.90. The van der Waals surface area contributed by atoms with Crippen molar-refractivity contribution in [2.75, 3.05) is 14.2 Å². The van der Waals surface area contributed by atoms with Gasteiger partial charge in [-0.3, -0.25) is 0 Å². The Kier molecular flexibility index (Phi) is 4.87. The molecule has 3 rings (SSSR count). The van der Waals surface area contributed by atoms with Gasteiger partial charge >= 0.3 is 11.9 Å². The molecule has 1 heterocycles. The van der Waals surface area contributed by atoms with Crippen LogP contribution in [0, 0.1) is 0 Å². The molecular formula is C20H18O7. The van der Waals surface area contributed by atoms with Crippen LogP contribution in [0.3, 0.4) is 0 Å². The van der Waals surface area contributed by atoms with E-state index in [-0.39, 0.29) is 11.1 Å². The Balaban J connectivity index is 2.10. The standard InChI is InChI=1S/C20H18O7/c1-25-14-10-8-12(9-11-14)15-16(21)17(27-18(15)22)20(24,19(23)26-2)13-6-4-3-5-7-13/h3-11,17,21,24H,1-2H3. The molecule has 0 saturated carbocycles. The Labute approximate surface area is 155 Å². The summed E-state index contributed by atoms with van der Waals surface area (Å²) in [6, 6.07) is 14.2. The Morgan fingerprint density at radius 1 is 1.07 bits per heavy atom. The maximum atomic E-state index is 12.4. The monoisotopic (exact) mass is 370 g/mol. The van der Waals surface area contributed by atoms with Crippen molar-refractivity contribution in [2.45, 2.75) is 11.7 Å². The third-order valence-corrected chi connectivity index (χ3v) is 4.40. The van der Waals surface area contributed by atoms with Crippen molar-refractivity contribution in [3.05, 3.63) is 71.5 Å². The molecule has 2 unspecified atom stereocenters. The summed E-state index contributed by atoms with van der Waals surface area (Å²) in [6.45, 7) is 0. The molecule has 2 N–H and O–H groups in total. The van der Waals surface area contributed by atoms with Crippen molar-refractivity contribution in [3.63, 3.8) is 0 Å². The highest BCUT2D eigenvalue weighted by atomic mass is 16.6. The Bertz CT molecular complexity index is 886. The highest BCUT2D eigenvalue weighted by Gasteiger charge is 2.55. The minimum absolute atomic E-state index is 0.122. The molecule has 0 spiro atoms. The lowest BCUT2D eigenvalue weighted by Gasteiger charge is -2.30. The van der Waals surface area contributed by atoms with Gasteiger partial charge in [0.1, 0.15) is 11.3 Å². The van der Waals surface area contributed by atoms with Crippen LogP contribution in [0.2, 0.25) is 0 Å². The molecule has 1 aliphatic rings. The molecule has 0 bridgehead atoms. The van der Waals surface area contributed by atoms with E-state index in [9.17, 15) is 19.8 Å². The molecule has 2 atom stereocenters. The number of ether oxygens (including phenoxy) is 3. The van der Waals surface area contributed by atoms with Crippen molar-refractivity contribution in [1.82, 2.24) is 0 Å². The zero-order valence-corrected chi connectivity index (χ0v) is 14.7. The lowest BCUT2D eigenvalue weighted by molar-refractivity contribution is -0.182. The van der Waals surface area contributed by atoms with Crippen molar-refractivity contribution >= 4 is 17.5 Å². The van der Waals surface area contributed by atoms with Gasteiger partial charge in [0, 0.05) is 0 Å². The van der Waals surface area contributed by atoms with Gasteiger partial charge in [-0.2, -0.15) is 0 Å². The summed E-state index contributed by atoms with van der Waals surface area (Å²) in [5.41, 5.74) is -2.05. The van der Waals surface area contributed by atoms with E-state index < -0.39 is 29.4 Å². The molecule has 0 aromatic heterocycles. The van der Waals surface area contributed by atoms with Gasteiger partial charge in [0.05, 0.1) is 14.2 Å². The summed E-state index contributed by atoms with van der Waals surface area (Å²) in [5, 5.41) is 21.8. The van der Waals surface area contributed by atoms with Crippen molar-refractivity contribution in [2.24, 2.45) is 0 Å². The molecule has 2 aromatic carbocycles. The number of hydrogen-bond donors (Lipinski definition) is 2. The van der Waals surface area contributed by atoms with E-state index in [0.29, 0.717) is 11.3 Å². The predicted molar refractivity (Wildman–Crippen MR) is 94.8 cm³/mol. The van der Waals surface area contributed by atoms with Gasteiger partial charge in [0.2, 0.25) is 11.7 Å². The summed E-state index contributed by atoms with van der Waals surface area (Å²) < 4.78 is 15.0. The molecular weight excluding hydrogens is 352 g/mol. The number of hydrogen-bond acceptors (Lipinski definition) is 7. The second kappa shape index (κ2) is 7.13. The first-order valence-corrected chi connectivity index (χ1v) is 8.08. The minimum Gasteiger partial charge on any atom is -0.507 e. The van der Waals surface area contributed by atoms with E-state index in [1.165, 1.54) is 19.2 Å². The fourth-order valence-electron chi connectivity index (χ4n) is 2.99. The van der Waals surface area contributed by atoms with Gasteiger partial charge in [0.15, 0.2) is 5.76 Å². The highest BCUT2D eigenvalue weighted by molar-refractivity contribution is 6.19. The van der Waals surface area contributed by atoms with Gasteiger partial charge in [-0.15, -0.1) is 0 Å². The van der Waals surface area contributed by atoms with Crippen LogP contribution >= 0.6 is 0 Å². The number of benzene rings is 2. The number of aliphatic hydroxyl groups excluding tert-OH is 1. The number of aliphatic hydroxyl groups is 2. The highest BCUT2D eigenvalue weighted by Crippen LogP contribution is 2.40. The summed E-state index contributed by atoms with van der Waals surface area (Å²) >= 11 is 0. The van der Waals surface area contributed by atoms with E-state index in [2.05, 4.69) is 0 Å². The van der Waals surface area contributed by atoms with Gasteiger partial charge in [-0.05, 0) is 23.3 Å². The fraction of sp³-hybridized carbons (Fsp3) is 0.200. The van der Waals surface area contributed by atoms with Crippen LogP contribution in [0.25, 0.3) is 5.57 Å². The summed E-state index contributed by atoms with van der Waals surface area (Å²) in [6.07, 6.45) is -1.64. The molecule has 140 valence electrons. The molecule has 7 nitrogen and oxygen atoms in total. The number of cyclic esters (lactones) is 1. The molecule has 0 radical (unpaired) electrons. The predicted octanol–water partition coefficient (Wildman–Crippen LogP) is 1.95. The summed E-state index contributed by atoms with van der Waals surface area (Å²) in [4.78, 5) is 24.8. The molecule has 27 heavy (non-hydrogen) atoms. The Morgan fingerprint density at radius 3 is 2.26 bits per heavy atom. The van der Waals surface area contributed by atoms with Crippen LogP contribution < -0.4 is 4.74 Å². The fourth-order valence-corrected chi connectivity index (χ4v) is 2.99. The average Bonchev–Trinajstić information content (AvgIpc) is 3.02. The van der Waals surface area contributed by atoms with Gasteiger partial charge < -0.3 is 24.4 Å². The van der Waals surface area contributed by atoms with E-state index >= 15 is 0 Å². The zero-order chi connectivity index (χ0) is 19.6. The molecule has 0 amide bonds. The van der Waals surface area contributed by atoms with Crippen LogP contribution in [-0.2, 0) is 24.7 Å². The van der Waals surface area contributed by atoms with Crippen molar-refractivity contribution < 1.29 is 34.0 Å². The Hall–Kier alpha value is -3.32. The first kappa shape index (κ1) is 18.5. The third-order valence-electron chi connectivity index (χ3n) is 4.40. The molecule has 7 heteroatoms.